The molecule has 1 saturated heterocycles. The number of amides is 1. The summed E-state index contributed by atoms with van der Waals surface area (Å²) in [6.45, 7) is 6.90. The Morgan fingerprint density at radius 2 is 2.19 bits per heavy atom. The lowest BCUT2D eigenvalue weighted by Crippen LogP contribution is -2.45. The fraction of sp³-hybridized carbons (Fsp3) is 0.833. The van der Waals surface area contributed by atoms with Crippen LogP contribution in [0.4, 0.5) is 0 Å². The molecule has 16 heavy (non-hydrogen) atoms. The number of likely N-dealkylation sites (N-methyl/N-ethyl adjacent to an activating group) is 1. The van der Waals surface area contributed by atoms with E-state index in [1.54, 1.807) is 4.90 Å². The lowest BCUT2D eigenvalue weighted by molar-refractivity contribution is -0.134. The lowest BCUT2D eigenvalue weighted by atomic mass is 10.1. The second-order valence-corrected chi connectivity index (χ2v) is 4.88. The van der Waals surface area contributed by atoms with Crippen molar-refractivity contribution in [3.8, 4) is 6.07 Å². The normalized spacial score (nSPS) is 23.3. The molecule has 4 heteroatoms. The zero-order valence-corrected chi connectivity index (χ0v) is 10.4. The molecule has 1 amide bonds. The summed E-state index contributed by atoms with van der Waals surface area (Å²) in [7, 11) is 1.82. The molecule has 0 radical (unpaired) electrons. The second kappa shape index (κ2) is 5.86. The SMILES string of the molecule is CC(C)CN1CCCN(C)C(=O)C1CC#N. The van der Waals surface area contributed by atoms with Crippen molar-refractivity contribution in [3.63, 3.8) is 0 Å². The van der Waals surface area contributed by atoms with Gasteiger partial charge in [-0.2, -0.15) is 5.26 Å². The average molecular weight is 223 g/mol. The van der Waals surface area contributed by atoms with Gasteiger partial charge in [0.1, 0.15) is 6.04 Å². The number of carbonyl (C=O) groups is 1. The van der Waals surface area contributed by atoms with Crippen molar-refractivity contribution in [1.82, 2.24) is 9.80 Å². The van der Waals surface area contributed by atoms with Gasteiger partial charge in [-0.15, -0.1) is 0 Å². The van der Waals surface area contributed by atoms with Crippen molar-refractivity contribution in [2.75, 3.05) is 26.7 Å². The Balaban J connectivity index is 2.78. The quantitative estimate of drug-likeness (QED) is 0.719. The minimum atomic E-state index is -0.236. The summed E-state index contributed by atoms with van der Waals surface area (Å²) < 4.78 is 0. The van der Waals surface area contributed by atoms with E-state index in [0.717, 1.165) is 26.1 Å². The summed E-state index contributed by atoms with van der Waals surface area (Å²) >= 11 is 0. The number of carbonyl (C=O) groups excluding carboxylic acids is 1. The zero-order valence-electron chi connectivity index (χ0n) is 10.4. The van der Waals surface area contributed by atoms with Crippen LogP contribution in [0.5, 0.6) is 0 Å². The molecule has 0 aromatic carbocycles. The van der Waals surface area contributed by atoms with Crippen molar-refractivity contribution >= 4 is 5.91 Å². The highest BCUT2D eigenvalue weighted by Crippen LogP contribution is 2.15. The summed E-state index contributed by atoms with van der Waals surface area (Å²) in [5.41, 5.74) is 0. The topological polar surface area (TPSA) is 47.3 Å². The van der Waals surface area contributed by atoms with Crippen LogP contribution < -0.4 is 0 Å². The molecule has 0 N–H and O–H groups in total. The predicted molar refractivity (Wildman–Crippen MR) is 62.7 cm³/mol. The molecule has 0 aromatic heterocycles. The molecular weight excluding hydrogens is 202 g/mol. The third-order valence-electron chi connectivity index (χ3n) is 2.93. The maximum Gasteiger partial charge on any atom is 0.240 e. The molecule has 0 aliphatic carbocycles. The smallest absolute Gasteiger partial charge is 0.240 e. The highest BCUT2D eigenvalue weighted by molar-refractivity contribution is 5.82. The van der Waals surface area contributed by atoms with Crippen molar-refractivity contribution in [3.05, 3.63) is 0 Å². The standard InChI is InChI=1S/C12H21N3O/c1-10(2)9-15-8-4-7-14(3)12(16)11(15)5-6-13/h10-11H,4-5,7-9H2,1-3H3. The number of nitrogens with zero attached hydrogens (tertiary/aromatic N) is 3. The highest BCUT2D eigenvalue weighted by Gasteiger charge is 2.30. The van der Waals surface area contributed by atoms with Crippen LogP contribution in [-0.2, 0) is 4.79 Å². The first-order chi connectivity index (χ1) is 7.56. The van der Waals surface area contributed by atoms with Crippen molar-refractivity contribution in [2.24, 2.45) is 5.92 Å². The molecule has 90 valence electrons. The zero-order chi connectivity index (χ0) is 12.1. The maximum atomic E-state index is 12.1. The van der Waals surface area contributed by atoms with Crippen LogP contribution in [0.25, 0.3) is 0 Å². The van der Waals surface area contributed by atoms with E-state index >= 15 is 0 Å². The van der Waals surface area contributed by atoms with Gasteiger partial charge in [-0.1, -0.05) is 13.8 Å². The first-order valence-corrected chi connectivity index (χ1v) is 5.92. The van der Waals surface area contributed by atoms with Gasteiger partial charge in [0.05, 0.1) is 12.5 Å². The average Bonchev–Trinajstić information content (AvgIpc) is 2.33. The molecule has 4 nitrogen and oxygen atoms in total. The number of hydrogen-bond donors (Lipinski definition) is 0. The summed E-state index contributed by atoms with van der Waals surface area (Å²) in [5.74, 6) is 0.622. The number of nitriles is 1. The summed E-state index contributed by atoms with van der Waals surface area (Å²) in [5, 5.41) is 8.82. The minimum Gasteiger partial charge on any atom is -0.344 e. The Morgan fingerprint density at radius 1 is 1.50 bits per heavy atom. The molecule has 0 saturated carbocycles. The molecule has 1 fully saturated rings. The number of rotatable bonds is 3. The Kier molecular flexibility index (Phi) is 4.75. The van der Waals surface area contributed by atoms with E-state index < -0.39 is 0 Å². The van der Waals surface area contributed by atoms with Gasteiger partial charge in [0.25, 0.3) is 0 Å². The van der Waals surface area contributed by atoms with Gasteiger partial charge in [0.2, 0.25) is 5.91 Å². The van der Waals surface area contributed by atoms with Crippen LogP contribution in [0, 0.1) is 17.2 Å². The monoisotopic (exact) mass is 223 g/mol. The highest BCUT2D eigenvalue weighted by atomic mass is 16.2. The molecule has 0 spiro atoms. The van der Waals surface area contributed by atoms with E-state index in [4.69, 9.17) is 5.26 Å². The molecule has 1 rings (SSSR count). The van der Waals surface area contributed by atoms with Crippen LogP contribution >= 0.6 is 0 Å². The van der Waals surface area contributed by atoms with Crippen LogP contribution in [-0.4, -0.2) is 48.4 Å². The fourth-order valence-electron chi connectivity index (χ4n) is 2.18. The van der Waals surface area contributed by atoms with Crippen LogP contribution in [0.2, 0.25) is 0 Å². The first-order valence-electron chi connectivity index (χ1n) is 5.92. The van der Waals surface area contributed by atoms with Crippen LogP contribution in [0.3, 0.4) is 0 Å². The molecule has 1 unspecified atom stereocenters. The van der Waals surface area contributed by atoms with E-state index in [2.05, 4.69) is 24.8 Å². The van der Waals surface area contributed by atoms with E-state index in [9.17, 15) is 4.79 Å². The van der Waals surface area contributed by atoms with Gasteiger partial charge in [-0.3, -0.25) is 9.69 Å². The third-order valence-corrected chi connectivity index (χ3v) is 2.93. The first kappa shape index (κ1) is 13.0. The summed E-state index contributed by atoms with van der Waals surface area (Å²) in [6, 6.07) is 1.89. The summed E-state index contributed by atoms with van der Waals surface area (Å²) in [6.07, 6.45) is 1.30. The van der Waals surface area contributed by atoms with Crippen LogP contribution in [0.1, 0.15) is 26.7 Å². The molecule has 1 atom stereocenters. The van der Waals surface area contributed by atoms with Gasteiger partial charge >= 0.3 is 0 Å². The minimum absolute atomic E-state index is 0.0969. The second-order valence-electron chi connectivity index (χ2n) is 4.88. The van der Waals surface area contributed by atoms with Crippen molar-refractivity contribution in [1.29, 1.82) is 5.26 Å². The molecule has 1 heterocycles. The van der Waals surface area contributed by atoms with Crippen molar-refractivity contribution < 1.29 is 4.79 Å². The molecular formula is C12H21N3O. The van der Waals surface area contributed by atoms with Gasteiger partial charge in [-0.05, 0) is 12.3 Å². The van der Waals surface area contributed by atoms with Gasteiger partial charge in [0, 0.05) is 26.7 Å². The Morgan fingerprint density at radius 3 is 2.75 bits per heavy atom. The van der Waals surface area contributed by atoms with Gasteiger partial charge < -0.3 is 4.90 Å². The summed E-state index contributed by atoms with van der Waals surface area (Å²) in [4.78, 5) is 16.0. The molecule has 0 bridgehead atoms. The van der Waals surface area contributed by atoms with Crippen molar-refractivity contribution in [2.45, 2.75) is 32.7 Å². The Labute approximate surface area is 97.8 Å². The lowest BCUT2D eigenvalue weighted by Gasteiger charge is -2.29. The largest absolute Gasteiger partial charge is 0.344 e. The maximum absolute atomic E-state index is 12.1. The fourth-order valence-corrected chi connectivity index (χ4v) is 2.18. The van der Waals surface area contributed by atoms with Gasteiger partial charge in [-0.25, -0.2) is 0 Å². The van der Waals surface area contributed by atoms with E-state index in [-0.39, 0.29) is 11.9 Å². The van der Waals surface area contributed by atoms with E-state index in [1.165, 1.54) is 0 Å². The molecule has 1 aliphatic rings. The Bertz CT molecular complexity index is 282. The Hall–Kier alpha value is -1.08. The van der Waals surface area contributed by atoms with E-state index in [0.29, 0.717) is 12.3 Å². The number of hydrogen-bond acceptors (Lipinski definition) is 3. The van der Waals surface area contributed by atoms with Crippen LogP contribution in [0.15, 0.2) is 0 Å². The predicted octanol–water partition coefficient (Wildman–Crippen LogP) is 1.09. The molecule has 0 aromatic rings. The van der Waals surface area contributed by atoms with Gasteiger partial charge in [0.15, 0.2) is 0 Å². The van der Waals surface area contributed by atoms with E-state index in [1.807, 2.05) is 7.05 Å². The third kappa shape index (κ3) is 3.21. The molecule has 1 aliphatic heterocycles.